The van der Waals surface area contributed by atoms with Crippen molar-refractivity contribution in [2.24, 2.45) is 0 Å². The fraction of sp³-hybridized carbons (Fsp3) is 0.200. The number of nitrogens with zero attached hydrogens (tertiary/aromatic N) is 2. The van der Waals surface area contributed by atoms with Gasteiger partial charge in [-0.05, 0) is 18.2 Å². The number of imide groups is 1. The Morgan fingerprint density at radius 3 is 2.50 bits per heavy atom. The summed E-state index contributed by atoms with van der Waals surface area (Å²) in [6.45, 7) is -0.207. The van der Waals surface area contributed by atoms with E-state index >= 15 is 0 Å². The van der Waals surface area contributed by atoms with Gasteiger partial charge in [0.15, 0.2) is 0 Å². The molecule has 0 saturated heterocycles. The molecule has 0 aliphatic carbocycles. The summed E-state index contributed by atoms with van der Waals surface area (Å²) in [6, 6.07) is 9.12. The number of rotatable bonds is 6. The Morgan fingerprint density at radius 2 is 1.82 bits per heavy atom. The lowest BCUT2D eigenvalue weighted by molar-refractivity contribution is -0.120. The summed E-state index contributed by atoms with van der Waals surface area (Å²) in [6.07, 6.45) is 0. The minimum absolute atomic E-state index is 0.0120. The van der Waals surface area contributed by atoms with Crippen LogP contribution in [0.25, 0.3) is 5.57 Å². The van der Waals surface area contributed by atoms with Gasteiger partial charge >= 0.3 is 0 Å². The van der Waals surface area contributed by atoms with Crippen LogP contribution in [0.15, 0.2) is 48.2 Å². The van der Waals surface area contributed by atoms with Gasteiger partial charge in [-0.25, -0.2) is 13.7 Å². The number of carbonyl (C=O) groups is 2. The van der Waals surface area contributed by atoms with Crippen molar-refractivity contribution >= 4 is 23.1 Å². The van der Waals surface area contributed by atoms with E-state index in [-0.39, 0.29) is 24.4 Å². The molecule has 1 aliphatic rings. The molecule has 2 aromatic carbocycles. The van der Waals surface area contributed by atoms with E-state index in [2.05, 4.69) is 0 Å². The van der Waals surface area contributed by atoms with Gasteiger partial charge in [0.25, 0.3) is 11.8 Å². The number of carbonyl (C=O) groups excluding carboxylic acids is 2. The van der Waals surface area contributed by atoms with Gasteiger partial charge in [-0.3, -0.25) is 9.59 Å². The average molecular weight is 388 g/mol. The molecule has 2 amide bonds. The van der Waals surface area contributed by atoms with E-state index < -0.39 is 29.1 Å². The minimum atomic E-state index is -0.909. The predicted molar refractivity (Wildman–Crippen MR) is 98.5 cm³/mol. The number of benzene rings is 2. The zero-order valence-electron chi connectivity index (χ0n) is 15.3. The molecule has 2 aromatic rings. The quantitative estimate of drug-likeness (QED) is 0.769. The first-order chi connectivity index (χ1) is 13.4. The Morgan fingerprint density at radius 1 is 1.11 bits per heavy atom. The molecular formula is C20H18F2N2O4. The number of aliphatic hydroxyl groups excluding tert-OH is 1. The lowest BCUT2D eigenvalue weighted by Crippen LogP contribution is -2.35. The second-order valence-corrected chi connectivity index (χ2v) is 6.11. The van der Waals surface area contributed by atoms with Crippen LogP contribution in [0.4, 0.5) is 14.5 Å². The Bertz CT molecular complexity index is 974. The van der Waals surface area contributed by atoms with Crippen LogP contribution in [-0.2, 0) is 9.59 Å². The predicted octanol–water partition coefficient (Wildman–Crippen LogP) is 2.18. The Hall–Kier alpha value is -3.26. The molecule has 0 saturated carbocycles. The third-order valence-corrected chi connectivity index (χ3v) is 4.40. The molecule has 0 spiro atoms. The number of hydrogen-bond acceptors (Lipinski definition) is 5. The number of para-hydroxylation sites is 1. The van der Waals surface area contributed by atoms with Gasteiger partial charge in [-0.15, -0.1) is 0 Å². The first-order valence-electron chi connectivity index (χ1n) is 8.44. The van der Waals surface area contributed by atoms with Crippen LogP contribution in [0.3, 0.4) is 0 Å². The molecule has 0 fully saturated rings. The van der Waals surface area contributed by atoms with Crippen LogP contribution in [0.2, 0.25) is 0 Å². The second-order valence-electron chi connectivity index (χ2n) is 6.11. The molecule has 0 aromatic heterocycles. The topological polar surface area (TPSA) is 70.1 Å². The highest BCUT2D eigenvalue weighted by Crippen LogP contribution is 2.38. The third kappa shape index (κ3) is 3.22. The van der Waals surface area contributed by atoms with E-state index in [4.69, 9.17) is 4.74 Å². The van der Waals surface area contributed by atoms with Gasteiger partial charge in [0.1, 0.15) is 23.1 Å². The summed E-state index contributed by atoms with van der Waals surface area (Å²) in [5.74, 6) is -2.97. The first kappa shape index (κ1) is 19.5. The number of anilines is 1. The molecule has 0 unspecified atom stereocenters. The number of methoxy groups -OCH3 is 1. The van der Waals surface area contributed by atoms with Gasteiger partial charge < -0.3 is 14.7 Å². The highest BCUT2D eigenvalue weighted by atomic mass is 19.1. The Labute approximate surface area is 160 Å². The zero-order chi connectivity index (χ0) is 20.4. The van der Waals surface area contributed by atoms with Gasteiger partial charge in [0.2, 0.25) is 0 Å². The molecule has 0 bridgehead atoms. The summed E-state index contributed by atoms with van der Waals surface area (Å²) in [4.78, 5) is 28.3. The molecule has 28 heavy (non-hydrogen) atoms. The van der Waals surface area contributed by atoms with Crippen molar-refractivity contribution in [2.45, 2.75) is 0 Å². The number of amides is 2. The molecular weight excluding hydrogens is 370 g/mol. The third-order valence-electron chi connectivity index (χ3n) is 4.40. The molecule has 3 rings (SSSR count). The van der Waals surface area contributed by atoms with E-state index in [9.17, 15) is 23.5 Å². The Balaban J connectivity index is 2.21. The molecule has 1 heterocycles. The SMILES string of the molecule is COc1ccccc1C1=C(N(C)CCO)C(=O)N(c2cc(F)ccc2F)C1=O. The lowest BCUT2D eigenvalue weighted by Gasteiger charge is -2.20. The van der Waals surface area contributed by atoms with Gasteiger partial charge in [0, 0.05) is 25.2 Å². The van der Waals surface area contributed by atoms with E-state index in [0.29, 0.717) is 16.2 Å². The molecule has 0 atom stereocenters. The summed E-state index contributed by atoms with van der Waals surface area (Å²) in [5, 5.41) is 9.26. The van der Waals surface area contributed by atoms with Crippen molar-refractivity contribution in [1.82, 2.24) is 4.90 Å². The molecule has 146 valence electrons. The highest BCUT2D eigenvalue weighted by Gasteiger charge is 2.43. The van der Waals surface area contributed by atoms with Gasteiger partial charge in [-0.2, -0.15) is 0 Å². The first-order valence-corrected chi connectivity index (χ1v) is 8.44. The summed E-state index contributed by atoms with van der Waals surface area (Å²) in [5.41, 5.74) is -0.188. The van der Waals surface area contributed by atoms with Crippen molar-refractivity contribution in [2.75, 3.05) is 32.2 Å². The summed E-state index contributed by atoms with van der Waals surface area (Å²) in [7, 11) is 2.94. The number of halogens is 2. The smallest absolute Gasteiger partial charge is 0.282 e. The molecule has 6 nitrogen and oxygen atoms in total. The maximum Gasteiger partial charge on any atom is 0.282 e. The average Bonchev–Trinajstić information content (AvgIpc) is 2.94. The summed E-state index contributed by atoms with van der Waals surface area (Å²) < 4.78 is 33.3. The fourth-order valence-corrected chi connectivity index (χ4v) is 3.10. The van der Waals surface area contributed by atoms with Crippen LogP contribution < -0.4 is 9.64 Å². The lowest BCUT2D eigenvalue weighted by atomic mass is 10.0. The maximum atomic E-state index is 14.3. The van der Waals surface area contributed by atoms with Crippen molar-refractivity contribution in [1.29, 1.82) is 0 Å². The van der Waals surface area contributed by atoms with Crippen LogP contribution in [-0.4, -0.2) is 49.1 Å². The molecule has 1 aliphatic heterocycles. The Kier molecular flexibility index (Phi) is 5.41. The number of ether oxygens (including phenoxy) is 1. The van der Waals surface area contributed by atoms with Crippen molar-refractivity contribution < 1.29 is 28.2 Å². The summed E-state index contributed by atoms with van der Waals surface area (Å²) >= 11 is 0. The van der Waals surface area contributed by atoms with E-state index in [1.807, 2.05) is 0 Å². The van der Waals surface area contributed by atoms with Gasteiger partial charge in [0.05, 0.1) is 25.0 Å². The monoisotopic (exact) mass is 388 g/mol. The second kappa shape index (κ2) is 7.77. The normalized spacial score (nSPS) is 14.1. The van der Waals surface area contributed by atoms with Crippen LogP contribution >= 0.6 is 0 Å². The van der Waals surface area contributed by atoms with Crippen molar-refractivity contribution in [3.63, 3.8) is 0 Å². The standard InChI is InChI=1S/C20H18F2N2O4/c1-23(9-10-25)18-17(13-5-3-4-6-16(13)28-2)19(26)24(20(18)27)15-11-12(21)7-8-14(15)22/h3-8,11,25H,9-10H2,1-2H3. The molecule has 1 N–H and O–H groups in total. The number of likely N-dealkylation sites (N-methyl/N-ethyl adjacent to an activating group) is 1. The van der Waals surface area contributed by atoms with Crippen LogP contribution in [0.5, 0.6) is 5.75 Å². The van der Waals surface area contributed by atoms with Crippen LogP contribution in [0, 0.1) is 11.6 Å². The van der Waals surface area contributed by atoms with Gasteiger partial charge in [-0.1, -0.05) is 18.2 Å². The maximum absolute atomic E-state index is 14.3. The van der Waals surface area contributed by atoms with E-state index in [1.54, 1.807) is 24.3 Å². The molecule has 8 heteroatoms. The minimum Gasteiger partial charge on any atom is -0.496 e. The van der Waals surface area contributed by atoms with E-state index in [1.165, 1.54) is 19.1 Å². The van der Waals surface area contributed by atoms with Crippen molar-refractivity contribution in [3.8, 4) is 5.75 Å². The van der Waals surface area contributed by atoms with E-state index in [0.717, 1.165) is 18.2 Å². The fourth-order valence-electron chi connectivity index (χ4n) is 3.10. The number of hydrogen-bond donors (Lipinski definition) is 1. The molecule has 0 radical (unpaired) electrons. The zero-order valence-corrected chi connectivity index (χ0v) is 15.3. The number of aliphatic hydroxyl groups is 1. The highest BCUT2D eigenvalue weighted by molar-refractivity contribution is 6.45. The largest absolute Gasteiger partial charge is 0.496 e. The van der Waals surface area contributed by atoms with Crippen molar-refractivity contribution in [3.05, 3.63) is 65.4 Å². The van der Waals surface area contributed by atoms with Crippen LogP contribution in [0.1, 0.15) is 5.56 Å².